The van der Waals surface area contributed by atoms with Gasteiger partial charge >= 0.3 is 0 Å². The molecule has 6 nitrogen and oxygen atoms in total. The molecular formula is C13H21N5O. The molecule has 104 valence electrons. The molecule has 0 atom stereocenters. The monoisotopic (exact) mass is 263 g/mol. The van der Waals surface area contributed by atoms with E-state index in [-0.39, 0.29) is 5.91 Å². The molecule has 0 aliphatic carbocycles. The van der Waals surface area contributed by atoms with E-state index >= 15 is 0 Å². The molecule has 1 aliphatic rings. The second-order valence-corrected chi connectivity index (χ2v) is 4.83. The Morgan fingerprint density at radius 2 is 1.89 bits per heavy atom. The molecule has 1 saturated heterocycles. The first-order valence-electron chi connectivity index (χ1n) is 6.54. The predicted octanol–water partition coefficient (Wildman–Crippen LogP) is 0.858. The Hall–Kier alpha value is -2.11. The van der Waals surface area contributed by atoms with Crippen molar-refractivity contribution in [3.8, 4) is 0 Å². The Labute approximate surface area is 112 Å². The van der Waals surface area contributed by atoms with Crippen molar-refractivity contribution in [1.82, 2.24) is 4.90 Å². The molecule has 1 aromatic carbocycles. The van der Waals surface area contributed by atoms with Crippen LogP contribution in [0, 0.1) is 0 Å². The summed E-state index contributed by atoms with van der Waals surface area (Å²) in [5, 5.41) is 3.22. The van der Waals surface area contributed by atoms with E-state index in [0.717, 1.165) is 38.2 Å². The summed E-state index contributed by atoms with van der Waals surface area (Å²) in [4.78, 5) is 13.3. The van der Waals surface area contributed by atoms with Crippen molar-refractivity contribution in [3.63, 3.8) is 0 Å². The topological polar surface area (TPSA) is 110 Å². The highest BCUT2D eigenvalue weighted by Gasteiger charge is 2.18. The Bertz CT molecular complexity index is 474. The van der Waals surface area contributed by atoms with E-state index in [0.29, 0.717) is 23.5 Å². The van der Waals surface area contributed by atoms with Gasteiger partial charge in [0, 0.05) is 26.1 Å². The van der Waals surface area contributed by atoms with Gasteiger partial charge in [-0.1, -0.05) is 0 Å². The minimum Gasteiger partial charge on any atom is -0.397 e. The number of anilines is 4. The smallest absolute Gasteiger partial charge is 0.222 e. The van der Waals surface area contributed by atoms with Crippen LogP contribution >= 0.6 is 0 Å². The molecule has 0 bridgehead atoms. The molecule has 0 unspecified atom stereocenters. The van der Waals surface area contributed by atoms with Gasteiger partial charge < -0.3 is 27.4 Å². The Morgan fingerprint density at radius 1 is 1.16 bits per heavy atom. The molecule has 6 heteroatoms. The van der Waals surface area contributed by atoms with Crippen molar-refractivity contribution >= 4 is 28.7 Å². The fourth-order valence-electron chi connectivity index (χ4n) is 2.24. The van der Waals surface area contributed by atoms with Crippen molar-refractivity contribution in [1.29, 1.82) is 0 Å². The molecule has 0 spiro atoms. The number of hydrogen-bond donors (Lipinski definition) is 4. The van der Waals surface area contributed by atoms with Gasteiger partial charge in [0.05, 0.1) is 22.7 Å². The zero-order valence-corrected chi connectivity index (χ0v) is 11.0. The summed E-state index contributed by atoms with van der Waals surface area (Å²) in [5.41, 5.74) is 19.6. The van der Waals surface area contributed by atoms with Crippen LogP contribution in [0.5, 0.6) is 0 Å². The Balaban J connectivity index is 1.79. The Kier molecular flexibility index (Phi) is 3.99. The normalized spacial score (nSPS) is 14.9. The van der Waals surface area contributed by atoms with Gasteiger partial charge in [-0.3, -0.25) is 4.79 Å². The average Bonchev–Trinajstić information content (AvgIpc) is 2.77. The number of carbonyl (C=O) groups is 1. The van der Waals surface area contributed by atoms with Crippen molar-refractivity contribution in [2.24, 2.45) is 0 Å². The third-order valence-corrected chi connectivity index (χ3v) is 3.35. The quantitative estimate of drug-likeness (QED) is 0.465. The first kappa shape index (κ1) is 13.3. The van der Waals surface area contributed by atoms with Crippen LogP contribution in [-0.4, -0.2) is 30.4 Å². The summed E-state index contributed by atoms with van der Waals surface area (Å²) in [6, 6.07) is 3.40. The van der Waals surface area contributed by atoms with Gasteiger partial charge in [0.25, 0.3) is 0 Å². The maximum absolute atomic E-state index is 11.4. The fraction of sp³-hybridized carbons (Fsp3) is 0.462. The van der Waals surface area contributed by atoms with Gasteiger partial charge in [-0.25, -0.2) is 0 Å². The molecule has 0 radical (unpaired) electrons. The number of benzene rings is 1. The van der Waals surface area contributed by atoms with Gasteiger partial charge in [0.15, 0.2) is 0 Å². The molecule has 0 aromatic heterocycles. The maximum atomic E-state index is 11.4. The van der Waals surface area contributed by atoms with E-state index in [1.165, 1.54) is 0 Å². The van der Waals surface area contributed by atoms with Crippen LogP contribution in [0.3, 0.4) is 0 Å². The molecule has 1 amide bonds. The summed E-state index contributed by atoms with van der Waals surface area (Å²) in [7, 11) is 0. The second-order valence-electron chi connectivity index (χ2n) is 4.83. The number of amides is 1. The lowest BCUT2D eigenvalue weighted by molar-refractivity contribution is -0.127. The summed E-state index contributed by atoms with van der Waals surface area (Å²) in [6.07, 6.45) is 2.55. The lowest BCUT2D eigenvalue weighted by Gasteiger charge is -2.16. The maximum Gasteiger partial charge on any atom is 0.222 e. The van der Waals surface area contributed by atoms with Crippen molar-refractivity contribution in [2.75, 3.05) is 42.2 Å². The van der Waals surface area contributed by atoms with E-state index in [1.54, 1.807) is 12.1 Å². The van der Waals surface area contributed by atoms with Crippen LogP contribution in [0.2, 0.25) is 0 Å². The number of nitrogens with one attached hydrogen (secondary N) is 1. The third-order valence-electron chi connectivity index (χ3n) is 3.35. The van der Waals surface area contributed by atoms with Crippen molar-refractivity contribution in [2.45, 2.75) is 19.3 Å². The Morgan fingerprint density at radius 3 is 2.58 bits per heavy atom. The molecule has 0 saturated carbocycles. The zero-order chi connectivity index (χ0) is 13.8. The van der Waals surface area contributed by atoms with Crippen molar-refractivity contribution in [3.05, 3.63) is 12.1 Å². The zero-order valence-electron chi connectivity index (χ0n) is 11.0. The number of nitrogen functional groups attached to an aromatic ring is 3. The summed E-state index contributed by atoms with van der Waals surface area (Å²) >= 11 is 0. The highest BCUT2D eigenvalue weighted by molar-refractivity contribution is 5.80. The molecule has 7 N–H and O–H groups in total. The van der Waals surface area contributed by atoms with Crippen molar-refractivity contribution < 1.29 is 4.79 Å². The van der Waals surface area contributed by atoms with E-state index in [9.17, 15) is 4.79 Å². The fourth-order valence-corrected chi connectivity index (χ4v) is 2.24. The van der Waals surface area contributed by atoms with Crippen LogP contribution < -0.4 is 22.5 Å². The first-order chi connectivity index (χ1) is 9.08. The SMILES string of the molecule is Nc1cc(N)c(NCCCN2CCCC2=O)cc1N. The molecule has 1 heterocycles. The lowest BCUT2D eigenvalue weighted by atomic mass is 10.2. The lowest BCUT2D eigenvalue weighted by Crippen LogP contribution is -2.27. The molecule has 1 aliphatic heterocycles. The van der Waals surface area contributed by atoms with Crippen LogP contribution in [-0.2, 0) is 4.79 Å². The molecule has 1 aromatic rings. The van der Waals surface area contributed by atoms with E-state index < -0.39 is 0 Å². The highest BCUT2D eigenvalue weighted by Crippen LogP contribution is 2.27. The number of nitrogens with zero attached hydrogens (tertiary/aromatic N) is 1. The van der Waals surface area contributed by atoms with Crippen LogP contribution in [0.1, 0.15) is 19.3 Å². The minimum absolute atomic E-state index is 0.260. The van der Waals surface area contributed by atoms with Crippen LogP contribution in [0.15, 0.2) is 12.1 Å². The summed E-state index contributed by atoms with van der Waals surface area (Å²) in [6.45, 7) is 2.42. The standard InChI is InChI=1S/C13H21N5O/c14-9-7-11(16)12(8-10(9)15)17-4-2-6-18-5-1-3-13(18)19/h7-8,17H,1-6,14-16H2. The van der Waals surface area contributed by atoms with Crippen LogP contribution in [0.4, 0.5) is 22.7 Å². The van der Waals surface area contributed by atoms with Gasteiger partial charge in [-0.15, -0.1) is 0 Å². The van der Waals surface area contributed by atoms with Gasteiger partial charge in [-0.05, 0) is 25.0 Å². The highest BCUT2D eigenvalue weighted by atomic mass is 16.2. The van der Waals surface area contributed by atoms with Gasteiger partial charge in [0.1, 0.15) is 0 Å². The largest absolute Gasteiger partial charge is 0.397 e. The number of rotatable bonds is 5. The first-order valence-corrected chi connectivity index (χ1v) is 6.54. The number of nitrogens with two attached hydrogens (primary N) is 3. The molecular weight excluding hydrogens is 242 g/mol. The predicted molar refractivity (Wildman–Crippen MR) is 78.6 cm³/mol. The average molecular weight is 263 g/mol. The second kappa shape index (κ2) is 5.69. The van der Waals surface area contributed by atoms with Crippen LogP contribution in [0.25, 0.3) is 0 Å². The number of hydrogen-bond acceptors (Lipinski definition) is 5. The summed E-state index contributed by atoms with van der Waals surface area (Å²) < 4.78 is 0. The molecule has 2 rings (SSSR count). The number of carbonyl (C=O) groups excluding carboxylic acids is 1. The third kappa shape index (κ3) is 3.21. The van der Waals surface area contributed by atoms with Gasteiger partial charge in [-0.2, -0.15) is 0 Å². The molecule has 1 fully saturated rings. The van der Waals surface area contributed by atoms with E-state index in [2.05, 4.69) is 5.32 Å². The molecule has 19 heavy (non-hydrogen) atoms. The number of likely N-dealkylation sites (tertiary alicyclic amines) is 1. The van der Waals surface area contributed by atoms with E-state index in [1.807, 2.05) is 4.90 Å². The summed E-state index contributed by atoms with van der Waals surface area (Å²) in [5.74, 6) is 0.260. The van der Waals surface area contributed by atoms with Gasteiger partial charge in [0.2, 0.25) is 5.91 Å². The minimum atomic E-state index is 0.260. The van der Waals surface area contributed by atoms with E-state index in [4.69, 9.17) is 17.2 Å².